The fraction of sp³-hybridized carbons (Fsp3) is 0.250. The molecule has 8 heteroatoms. The normalized spacial score (nSPS) is 10.2. The molecule has 0 atom stereocenters. The van der Waals surface area contributed by atoms with Gasteiger partial charge in [-0.05, 0) is 6.07 Å². The Bertz CT molecular complexity index is 663. The Hall–Kier alpha value is -2.28. The summed E-state index contributed by atoms with van der Waals surface area (Å²) in [7, 11) is 4.54. The molecule has 0 fully saturated rings. The molecule has 0 saturated heterocycles. The summed E-state index contributed by atoms with van der Waals surface area (Å²) in [5, 5.41) is 5.68. The minimum absolute atomic E-state index is 0.106. The second-order valence-corrected chi connectivity index (χ2v) is 4.12. The number of aromatic nitrogens is 2. The number of fused-ring (bicyclic) bond motifs is 1. The summed E-state index contributed by atoms with van der Waals surface area (Å²) in [5.74, 6) is 1.15. The van der Waals surface area contributed by atoms with Crippen molar-refractivity contribution in [1.82, 2.24) is 15.3 Å². The van der Waals surface area contributed by atoms with Crippen molar-refractivity contribution >= 4 is 34.5 Å². The average molecular weight is 297 g/mol. The van der Waals surface area contributed by atoms with Crippen molar-refractivity contribution in [2.45, 2.75) is 0 Å². The van der Waals surface area contributed by atoms with Crippen LogP contribution in [0.4, 0.5) is 10.7 Å². The van der Waals surface area contributed by atoms with Crippen LogP contribution < -0.4 is 20.1 Å². The number of nitrogens with one attached hydrogen (secondary N) is 2. The number of carbonyl (C=O) groups is 1. The number of halogens is 1. The van der Waals surface area contributed by atoms with Gasteiger partial charge in [0.2, 0.25) is 5.95 Å². The van der Waals surface area contributed by atoms with Crippen molar-refractivity contribution in [2.75, 3.05) is 26.6 Å². The summed E-state index contributed by atoms with van der Waals surface area (Å²) < 4.78 is 10.4. The fourth-order valence-corrected chi connectivity index (χ4v) is 1.87. The number of rotatable bonds is 3. The molecular formula is C12H13ClN4O3. The molecule has 7 nitrogen and oxygen atoms in total. The molecule has 2 N–H and O–H groups in total. The van der Waals surface area contributed by atoms with Crippen molar-refractivity contribution in [3.05, 3.63) is 17.3 Å². The molecule has 2 amide bonds. The molecule has 0 unspecified atom stereocenters. The van der Waals surface area contributed by atoms with Crippen LogP contribution in [0.15, 0.2) is 12.1 Å². The quantitative estimate of drug-likeness (QED) is 0.847. The van der Waals surface area contributed by atoms with Gasteiger partial charge < -0.3 is 14.8 Å². The third-order valence-corrected chi connectivity index (χ3v) is 2.90. The Kier molecular flexibility index (Phi) is 4.09. The zero-order chi connectivity index (χ0) is 14.7. The van der Waals surface area contributed by atoms with Gasteiger partial charge in [-0.15, -0.1) is 0 Å². The molecule has 106 valence electrons. The third-order valence-electron chi connectivity index (χ3n) is 2.61. The van der Waals surface area contributed by atoms with E-state index in [0.717, 1.165) is 0 Å². The van der Waals surface area contributed by atoms with E-state index in [1.54, 1.807) is 12.1 Å². The van der Waals surface area contributed by atoms with Gasteiger partial charge in [-0.2, -0.15) is 0 Å². The van der Waals surface area contributed by atoms with Gasteiger partial charge in [0.05, 0.1) is 19.7 Å². The number of carbonyl (C=O) groups excluding carboxylic acids is 1. The summed E-state index contributed by atoms with van der Waals surface area (Å²) in [5.41, 5.74) is 0.536. The lowest BCUT2D eigenvalue weighted by atomic mass is 10.2. The number of hydrogen-bond acceptors (Lipinski definition) is 5. The van der Waals surface area contributed by atoms with E-state index in [9.17, 15) is 4.79 Å². The van der Waals surface area contributed by atoms with Crippen LogP contribution in [-0.2, 0) is 0 Å². The highest BCUT2D eigenvalue weighted by Crippen LogP contribution is 2.34. The fourth-order valence-electron chi connectivity index (χ4n) is 1.64. The van der Waals surface area contributed by atoms with E-state index in [1.807, 2.05) is 0 Å². The van der Waals surface area contributed by atoms with Crippen LogP contribution >= 0.6 is 11.6 Å². The van der Waals surface area contributed by atoms with Crippen molar-refractivity contribution in [1.29, 1.82) is 0 Å². The van der Waals surface area contributed by atoms with Gasteiger partial charge in [0.1, 0.15) is 5.15 Å². The molecule has 2 rings (SSSR count). The molecule has 0 aliphatic rings. The van der Waals surface area contributed by atoms with Gasteiger partial charge in [0.25, 0.3) is 0 Å². The standard InChI is InChI=1S/C12H13ClN4O3/c1-14-12(18)17-11-15-7-5-9(20-3)8(19-2)4-6(7)10(13)16-11/h4-5H,1-3H3,(H2,14,15,16,17,18). The van der Waals surface area contributed by atoms with Gasteiger partial charge in [-0.1, -0.05) is 11.6 Å². The van der Waals surface area contributed by atoms with Crippen molar-refractivity contribution in [3.63, 3.8) is 0 Å². The highest BCUT2D eigenvalue weighted by Gasteiger charge is 2.12. The second kappa shape index (κ2) is 5.79. The van der Waals surface area contributed by atoms with Crippen molar-refractivity contribution in [3.8, 4) is 11.5 Å². The van der Waals surface area contributed by atoms with Gasteiger partial charge in [0.15, 0.2) is 11.5 Å². The first kappa shape index (κ1) is 14.1. The summed E-state index contributed by atoms with van der Waals surface area (Å²) in [6.45, 7) is 0. The van der Waals surface area contributed by atoms with Gasteiger partial charge >= 0.3 is 6.03 Å². The lowest BCUT2D eigenvalue weighted by Gasteiger charge is -2.10. The maximum atomic E-state index is 11.3. The van der Waals surface area contributed by atoms with E-state index >= 15 is 0 Å². The van der Waals surface area contributed by atoms with E-state index < -0.39 is 6.03 Å². The average Bonchev–Trinajstić information content (AvgIpc) is 2.45. The third kappa shape index (κ3) is 2.67. The van der Waals surface area contributed by atoms with Crippen molar-refractivity contribution in [2.24, 2.45) is 0 Å². The topological polar surface area (TPSA) is 85.4 Å². The van der Waals surface area contributed by atoms with Gasteiger partial charge in [-0.25, -0.2) is 14.8 Å². The van der Waals surface area contributed by atoms with Gasteiger partial charge in [-0.3, -0.25) is 5.32 Å². The van der Waals surface area contributed by atoms with E-state index in [4.69, 9.17) is 21.1 Å². The zero-order valence-electron chi connectivity index (χ0n) is 11.2. The first-order valence-corrected chi connectivity index (χ1v) is 6.04. The molecule has 0 radical (unpaired) electrons. The smallest absolute Gasteiger partial charge is 0.321 e. The molecule has 1 aromatic heterocycles. The number of amides is 2. The van der Waals surface area contributed by atoms with Crippen LogP contribution in [0.1, 0.15) is 0 Å². The summed E-state index contributed by atoms with van der Waals surface area (Å²) in [6.07, 6.45) is 0. The molecule has 0 aliphatic heterocycles. The van der Waals surface area contributed by atoms with E-state index in [0.29, 0.717) is 22.4 Å². The highest BCUT2D eigenvalue weighted by molar-refractivity contribution is 6.34. The van der Waals surface area contributed by atoms with E-state index in [-0.39, 0.29) is 11.1 Å². The minimum Gasteiger partial charge on any atom is -0.493 e. The molecule has 1 aromatic carbocycles. The molecule has 20 heavy (non-hydrogen) atoms. The van der Waals surface area contributed by atoms with Crippen LogP contribution in [0.5, 0.6) is 11.5 Å². The van der Waals surface area contributed by atoms with Crippen LogP contribution in [0, 0.1) is 0 Å². The SMILES string of the molecule is CNC(=O)Nc1nc(Cl)c2cc(OC)c(OC)cc2n1. The first-order chi connectivity index (χ1) is 9.58. The van der Waals surface area contributed by atoms with Crippen LogP contribution in [0.2, 0.25) is 5.15 Å². The second-order valence-electron chi connectivity index (χ2n) is 3.77. The lowest BCUT2D eigenvalue weighted by Crippen LogP contribution is -2.25. The number of urea groups is 1. The van der Waals surface area contributed by atoms with Crippen molar-refractivity contribution < 1.29 is 14.3 Å². The minimum atomic E-state index is -0.430. The Morgan fingerprint density at radius 3 is 2.45 bits per heavy atom. The summed E-state index contributed by atoms with van der Waals surface area (Å²) >= 11 is 6.09. The Morgan fingerprint density at radius 2 is 1.85 bits per heavy atom. The molecular weight excluding hydrogens is 284 g/mol. The molecule has 0 saturated carbocycles. The Labute approximate surface area is 120 Å². The molecule has 0 bridgehead atoms. The molecule has 2 aromatic rings. The number of anilines is 1. The first-order valence-electron chi connectivity index (χ1n) is 5.67. The van der Waals surface area contributed by atoms with Gasteiger partial charge in [0, 0.05) is 18.5 Å². The van der Waals surface area contributed by atoms with E-state index in [1.165, 1.54) is 21.3 Å². The Balaban J connectivity index is 2.55. The predicted molar refractivity (Wildman–Crippen MR) is 75.7 cm³/mol. The highest BCUT2D eigenvalue weighted by atomic mass is 35.5. The zero-order valence-corrected chi connectivity index (χ0v) is 11.9. The van der Waals surface area contributed by atoms with E-state index in [2.05, 4.69) is 20.6 Å². The number of methoxy groups -OCH3 is 2. The molecule has 0 spiro atoms. The van der Waals surface area contributed by atoms with Crippen LogP contribution in [0.25, 0.3) is 10.9 Å². The predicted octanol–water partition coefficient (Wildman–Crippen LogP) is 2.05. The van der Waals surface area contributed by atoms with Crippen LogP contribution in [-0.4, -0.2) is 37.3 Å². The monoisotopic (exact) mass is 296 g/mol. The number of ether oxygens (including phenoxy) is 2. The number of hydrogen-bond donors (Lipinski definition) is 2. The molecule has 0 aliphatic carbocycles. The maximum absolute atomic E-state index is 11.3. The summed E-state index contributed by atoms with van der Waals surface area (Å²) in [6, 6.07) is 2.91. The number of benzene rings is 1. The Morgan fingerprint density at radius 1 is 1.20 bits per heavy atom. The van der Waals surface area contributed by atoms with Crippen LogP contribution in [0.3, 0.4) is 0 Å². The maximum Gasteiger partial charge on any atom is 0.321 e. The number of nitrogens with zero attached hydrogens (tertiary/aromatic N) is 2. The largest absolute Gasteiger partial charge is 0.493 e. The molecule has 1 heterocycles. The summed E-state index contributed by atoms with van der Waals surface area (Å²) in [4.78, 5) is 19.5. The lowest BCUT2D eigenvalue weighted by molar-refractivity contribution is 0.254.